The zero-order chi connectivity index (χ0) is 45.7. The molecule has 4 aliphatic rings. The largest absolute Gasteiger partial charge is 0.595 e. The molecule has 4 N–H and O–H groups in total. The quantitative estimate of drug-likeness (QED) is 0.0234. The first kappa shape index (κ1) is 47.9. The average molecular weight is 872 g/mol. The molecule has 9 unspecified atom stereocenters. The summed E-state index contributed by atoms with van der Waals surface area (Å²) in [5.74, 6) is -5.21. The number of fused-ring (bicyclic) bond motifs is 3. The Morgan fingerprint density at radius 1 is 0.889 bits per heavy atom. The van der Waals surface area contributed by atoms with Gasteiger partial charge in [-0.1, -0.05) is 90.2 Å². The number of carbonyl (C=O) groups is 4. The van der Waals surface area contributed by atoms with Gasteiger partial charge in [-0.3, -0.25) is 14.4 Å². The second kappa shape index (κ2) is 19.6. The van der Waals surface area contributed by atoms with Crippen LogP contribution >= 0.6 is 0 Å². The molecule has 4 aliphatic carbocycles. The molecule has 0 radical (unpaired) electrons. The maximum atomic E-state index is 14.6. The molecule has 0 amide bonds. The Morgan fingerprint density at radius 2 is 1.44 bits per heavy atom. The Morgan fingerprint density at radius 3 is 1.98 bits per heavy atom. The van der Waals surface area contributed by atoms with E-state index in [2.05, 4.69) is 17.2 Å². The summed E-state index contributed by atoms with van der Waals surface area (Å²) in [7, 11) is 0. The molecule has 0 aliphatic heterocycles. The third-order valence-electron chi connectivity index (χ3n) is 14.1. The van der Waals surface area contributed by atoms with Gasteiger partial charge in [0.1, 0.15) is 18.3 Å². The second-order valence-corrected chi connectivity index (χ2v) is 18.6. The van der Waals surface area contributed by atoms with Crippen LogP contribution in [0, 0.1) is 34.3 Å². The number of ketones is 1. The van der Waals surface area contributed by atoms with E-state index in [-0.39, 0.29) is 36.5 Å². The number of benzene rings is 2. The van der Waals surface area contributed by atoms with Crippen molar-refractivity contribution in [1.29, 1.82) is 0 Å². The van der Waals surface area contributed by atoms with E-state index in [1.807, 2.05) is 6.92 Å². The molecule has 63 heavy (non-hydrogen) atoms. The van der Waals surface area contributed by atoms with E-state index in [1.165, 1.54) is 102 Å². The number of nitrogens with one attached hydrogen (secondary N) is 1. The number of nitrogens with zero attached hydrogens (tertiary/aromatic N) is 2. The van der Waals surface area contributed by atoms with Crippen LogP contribution in [0.4, 0.5) is 17.1 Å². The molecule has 2 aromatic carbocycles. The maximum absolute atomic E-state index is 14.6. The number of aliphatic hydroxyl groups is 2. The number of ether oxygens (including phenoxy) is 3. The van der Waals surface area contributed by atoms with Crippen molar-refractivity contribution in [2.45, 2.75) is 148 Å². The van der Waals surface area contributed by atoms with Crippen molar-refractivity contribution in [3.8, 4) is 0 Å². The summed E-state index contributed by atoms with van der Waals surface area (Å²) in [5.41, 5.74) is -4.32. The first-order chi connectivity index (χ1) is 29.9. The van der Waals surface area contributed by atoms with E-state index < -0.39 is 75.1 Å². The lowest BCUT2D eigenvalue weighted by Gasteiger charge is -2.45. The van der Waals surface area contributed by atoms with Crippen LogP contribution in [-0.4, -0.2) is 68.6 Å². The fourth-order valence-corrected chi connectivity index (χ4v) is 11.1. The van der Waals surface area contributed by atoms with E-state index in [9.17, 15) is 34.6 Å². The average Bonchev–Trinajstić information content (AvgIpc) is 3.67. The molecule has 0 aromatic heterocycles. The van der Waals surface area contributed by atoms with Crippen molar-refractivity contribution in [1.82, 2.24) is 0 Å². The van der Waals surface area contributed by atoms with Gasteiger partial charge in [0.05, 0.1) is 22.5 Å². The molecule has 9 atom stereocenters. The van der Waals surface area contributed by atoms with Gasteiger partial charge in [0, 0.05) is 61.0 Å². The summed E-state index contributed by atoms with van der Waals surface area (Å²) in [6.45, 7) is 9.82. The molecule has 6 rings (SSSR count). The number of Topliss-reactive ketones (excluding diaryl/α,β-unsaturated/α-hetero) is 1. The molecule has 14 nitrogen and oxygen atoms in total. The number of azo groups is 1. The van der Waals surface area contributed by atoms with Crippen LogP contribution in [0.25, 0.3) is 0 Å². The van der Waals surface area contributed by atoms with Crippen molar-refractivity contribution < 1.29 is 54.0 Å². The van der Waals surface area contributed by atoms with Gasteiger partial charge in [0.15, 0.2) is 11.3 Å². The Kier molecular flexibility index (Phi) is 14.9. The van der Waals surface area contributed by atoms with Crippen LogP contribution in [0.2, 0.25) is 0 Å². The highest BCUT2D eigenvalue weighted by Crippen LogP contribution is 2.86. The number of quaternary nitrogens is 1. The van der Waals surface area contributed by atoms with E-state index in [4.69, 9.17) is 19.4 Å². The van der Waals surface area contributed by atoms with Gasteiger partial charge in [-0.25, -0.2) is 10.0 Å². The standard InChI is InChI=1S/C49H65N3O11/c1-7-8-9-10-11-12-13-14-15-16-17-18-42(54)63-48-39(27-31(2)44(48)55)43-47(49(43,58)46(5,6)57)32(3)40(62-33(4)53)28-34(29-41(47)48)30-61-45(56)35-19-21-36(22-20-35)50-51-37-23-25-38(26-24-37)52(59)60/h19-27,29,32,39-41,43,52,57-59H,7-18,28,30H2,1-6H3. The minimum Gasteiger partial charge on any atom is -0.595 e. The van der Waals surface area contributed by atoms with Crippen LogP contribution in [0.1, 0.15) is 135 Å². The molecule has 2 aromatic rings. The van der Waals surface area contributed by atoms with Crippen molar-refractivity contribution in [3.63, 3.8) is 0 Å². The third-order valence-corrected chi connectivity index (χ3v) is 14.1. The second-order valence-electron chi connectivity index (χ2n) is 18.6. The monoisotopic (exact) mass is 871 g/mol. The summed E-state index contributed by atoms with van der Waals surface area (Å²) in [6, 6.07) is 12.1. The van der Waals surface area contributed by atoms with Crippen LogP contribution in [0.3, 0.4) is 0 Å². The number of hydrogen-bond donors (Lipinski definition) is 4. The number of unbranched alkanes of at least 4 members (excludes halogenated alkanes) is 10. The first-order valence-electron chi connectivity index (χ1n) is 22.7. The lowest BCUT2D eigenvalue weighted by molar-refractivity contribution is -0.991. The van der Waals surface area contributed by atoms with Gasteiger partial charge in [0.25, 0.3) is 0 Å². The van der Waals surface area contributed by atoms with Crippen molar-refractivity contribution in [2.75, 3.05) is 6.61 Å². The number of carbonyl (C=O) groups excluding carboxylic acids is 4. The van der Waals surface area contributed by atoms with Crippen molar-refractivity contribution in [2.24, 2.45) is 39.3 Å². The summed E-state index contributed by atoms with van der Waals surface area (Å²) in [5, 5.41) is 52.0. The predicted octanol–water partition coefficient (Wildman–Crippen LogP) is 8.44. The van der Waals surface area contributed by atoms with Crippen LogP contribution in [-0.2, 0) is 28.6 Å². The molecular weight excluding hydrogens is 807 g/mol. The lowest BCUT2D eigenvalue weighted by atomic mass is 9.65. The third kappa shape index (κ3) is 9.33. The highest BCUT2D eigenvalue weighted by molar-refractivity contribution is 6.07. The Bertz CT molecular complexity index is 2070. The highest BCUT2D eigenvalue weighted by Gasteiger charge is 2.96. The molecular formula is C49H65N3O11. The molecule has 0 heterocycles. The SMILES string of the molecule is CCCCCCCCCCCCCC(=O)OC12C(=O)C(C)=CC1C1C3(C(C)C(OC(C)=O)CC(COC(=O)c4ccc(N=Nc5ccc([NH+]([O-])O)cc5)cc4)=CC23)C1(O)C(C)(C)O. The highest BCUT2D eigenvalue weighted by atomic mass is 16.8. The van der Waals surface area contributed by atoms with Gasteiger partial charge < -0.3 is 29.6 Å². The zero-order valence-electron chi connectivity index (χ0n) is 37.6. The number of rotatable bonds is 21. The Labute approximate surface area is 370 Å². The van der Waals surface area contributed by atoms with Crippen LogP contribution in [0.5, 0.6) is 0 Å². The molecule has 2 saturated carbocycles. The molecule has 0 bridgehead atoms. The van der Waals surface area contributed by atoms with E-state index in [0.29, 0.717) is 28.9 Å². The minimum atomic E-state index is -1.77. The van der Waals surface area contributed by atoms with Crippen LogP contribution < -0.4 is 5.23 Å². The van der Waals surface area contributed by atoms with E-state index in [0.717, 1.165) is 19.3 Å². The van der Waals surface area contributed by atoms with Gasteiger partial charge in [0.2, 0.25) is 5.78 Å². The number of esters is 3. The Balaban J connectivity index is 1.22. The minimum absolute atomic E-state index is 0.0989. The van der Waals surface area contributed by atoms with E-state index >= 15 is 0 Å². The van der Waals surface area contributed by atoms with Crippen molar-refractivity contribution in [3.05, 3.63) is 82.6 Å². The van der Waals surface area contributed by atoms with Gasteiger partial charge in [-0.05, 0) is 74.7 Å². The molecule has 0 saturated heterocycles. The van der Waals surface area contributed by atoms with Gasteiger partial charge in [-0.15, -0.1) is 0 Å². The smallest absolute Gasteiger partial charge is 0.338 e. The van der Waals surface area contributed by atoms with Crippen LogP contribution in [0.15, 0.2) is 82.1 Å². The van der Waals surface area contributed by atoms with Gasteiger partial charge in [-0.2, -0.15) is 15.5 Å². The summed E-state index contributed by atoms with van der Waals surface area (Å²) >= 11 is 0. The normalized spacial score (nSPS) is 28.9. The molecule has 14 heteroatoms. The summed E-state index contributed by atoms with van der Waals surface area (Å²) < 4.78 is 18.3. The lowest BCUT2D eigenvalue weighted by Crippen LogP contribution is -2.99. The molecule has 342 valence electrons. The Hall–Kier alpha value is -4.60. The first-order valence-corrected chi connectivity index (χ1v) is 22.7. The predicted molar refractivity (Wildman–Crippen MR) is 233 cm³/mol. The van der Waals surface area contributed by atoms with Crippen molar-refractivity contribution >= 4 is 40.8 Å². The van der Waals surface area contributed by atoms with Gasteiger partial charge >= 0.3 is 17.9 Å². The summed E-state index contributed by atoms with van der Waals surface area (Å²) in [6.07, 6.45) is 15.2. The number of hydrogen-bond acceptors (Lipinski definition) is 13. The molecule has 2 fully saturated rings. The topological polar surface area (TPSA) is 209 Å². The van der Waals surface area contributed by atoms with E-state index in [1.54, 1.807) is 31.2 Å². The fourth-order valence-electron chi connectivity index (χ4n) is 11.1. The zero-order valence-corrected chi connectivity index (χ0v) is 37.6. The molecule has 1 spiro atoms. The summed E-state index contributed by atoms with van der Waals surface area (Å²) in [4.78, 5) is 54.6. The maximum Gasteiger partial charge on any atom is 0.338 e. The fraction of sp³-hybridized carbons (Fsp3) is 0.592.